The topological polar surface area (TPSA) is 46.2 Å². The van der Waals surface area contributed by atoms with E-state index in [1.807, 2.05) is 0 Å². The summed E-state index contributed by atoms with van der Waals surface area (Å²) in [4.78, 5) is 0.332. The summed E-state index contributed by atoms with van der Waals surface area (Å²) >= 11 is 3.29. The molecule has 17 heavy (non-hydrogen) atoms. The number of hydrogen-bond donors (Lipinski definition) is 1. The molecule has 1 aromatic carbocycles. The van der Waals surface area contributed by atoms with Crippen LogP contribution in [-0.2, 0) is 10.0 Å². The summed E-state index contributed by atoms with van der Waals surface area (Å²) in [5, 5.41) is 0. The molecule has 2 rings (SSSR count). The van der Waals surface area contributed by atoms with E-state index >= 15 is 0 Å². The quantitative estimate of drug-likeness (QED) is 0.928. The Hall–Kier alpha value is -0.390. The molecule has 1 aliphatic rings. The fraction of sp³-hybridized carbons (Fsp3) is 0.500. The smallest absolute Gasteiger partial charge is 0.211 e. The predicted octanol–water partition coefficient (Wildman–Crippen LogP) is 2.92. The molecule has 3 nitrogen and oxygen atoms in total. The van der Waals surface area contributed by atoms with E-state index in [2.05, 4.69) is 20.7 Å². The van der Waals surface area contributed by atoms with E-state index < -0.39 is 10.0 Å². The SMILES string of the molecule is O=S(=O)(NCC1CCCC1)c1ccc(Br)cc1. The second-order valence-corrected chi connectivity index (χ2v) is 7.14. The second-order valence-electron chi connectivity index (χ2n) is 4.46. The van der Waals surface area contributed by atoms with Crippen LogP contribution < -0.4 is 4.72 Å². The van der Waals surface area contributed by atoms with Crippen LogP contribution in [0.2, 0.25) is 0 Å². The van der Waals surface area contributed by atoms with Crippen molar-refractivity contribution in [2.45, 2.75) is 30.6 Å². The maximum atomic E-state index is 12.0. The number of rotatable bonds is 4. The molecule has 0 unspecified atom stereocenters. The lowest BCUT2D eigenvalue weighted by Crippen LogP contribution is -2.28. The molecule has 0 atom stereocenters. The molecule has 0 radical (unpaired) electrons. The van der Waals surface area contributed by atoms with Crippen LogP contribution >= 0.6 is 15.9 Å². The molecule has 0 heterocycles. The molecule has 1 fully saturated rings. The van der Waals surface area contributed by atoms with Crippen molar-refractivity contribution in [3.05, 3.63) is 28.7 Å². The van der Waals surface area contributed by atoms with Crippen molar-refractivity contribution in [1.82, 2.24) is 4.72 Å². The van der Waals surface area contributed by atoms with Gasteiger partial charge in [0.15, 0.2) is 0 Å². The molecule has 1 aromatic rings. The highest BCUT2D eigenvalue weighted by atomic mass is 79.9. The molecule has 0 saturated heterocycles. The number of sulfonamides is 1. The van der Waals surface area contributed by atoms with Gasteiger partial charge in [0, 0.05) is 11.0 Å². The van der Waals surface area contributed by atoms with Crippen molar-refractivity contribution in [1.29, 1.82) is 0 Å². The van der Waals surface area contributed by atoms with E-state index in [1.54, 1.807) is 24.3 Å². The molecule has 0 aliphatic heterocycles. The minimum atomic E-state index is -3.34. The highest BCUT2D eigenvalue weighted by Crippen LogP contribution is 2.24. The van der Waals surface area contributed by atoms with Gasteiger partial charge in [-0.2, -0.15) is 0 Å². The van der Waals surface area contributed by atoms with Crippen molar-refractivity contribution in [2.75, 3.05) is 6.54 Å². The Bertz CT molecular complexity index is 464. The average Bonchev–Trinajstić information content (AvgIpc) is 2.80. The van der Waals surface area contributed by atoms with Crippen LogP contribution in [-0.4, -0.2) is 15.0 Å². The minimum absolute atomic E-state index is 0.332. The molecule has 1 aliphatic carbocycles. The van der Waals surface area contributed by atoms with Gasteiger partial charge in [0.2, 0.25) is 10.0 Å². The van der Waals surface area contributed by atoms with Crippen molar-refractivity contribution >= 4 is 26.0 Å². The van der Waals surface area contributed by atoms with Crippen molar-refractivity contribution < 1.29 is 8.42 Å². The van der Waals surface area contributed by atoms with E-state index in [-0.39, 0.29) is 0 Å². The largest absolute Gasteiger partial charge is 0.240 e. The van der Waals surface area contributed by atoms with E-state index in [9.17, 15) is 8.42 Å². The van der Waals surface area contributed by atoms with Gasteiger partial charge in [-0.1, -0.05) is 28.8 Å². The lowest BCUT2D eigenvalue weighted by atomic mass is 10.1. The predicted molar refractivity (Wildman–Crippen MR) is 71.3 cm³/mol. The Morgan fingerprint density at radius 1 is 1.18 bits per heavy atom. The minimum Gasteiger partial charge on any atom is -0.211 e. The molecule has 94 valence electrons. The Morgan fingerprint density at radius 3 is 2.35 bits per heavy atom. The molecule has 1 saturated carbocycles. The molecular formula is C12H16BrNO2S. The van der Waals surface area contributed by atoms with Gasteiger partial charge < -0.3 is 0 Å². The highest BCUT2D eigenvalue weighted by Gasteiger charge is 2.19. The third kappa shape index (κ3) is 3.53. The summed E-state index contributed by atoms with van der Waals surface area (Å²) < 4.78 is 27.5. The van der Waals surface area contributed by atoms with Gasteiger partial charge in [-0.3, -0.25) is 0 Å². The Morgan fingerprint density at radius 2 is 1.76 bits per heavy atom. The lowest BCUT2D eigenvalue weighted by Gasteiger charge is -2.11. The van der Waals surface area contributed by atoms with E-state index in [4.69, 9.17) is 0 Å². The zero-order valence-corrected chi connectivity index (χ0v) is 11.9. The molecule has 0 amide bonds. The van der Waals surface area contributed by atoms with Gasteiger partial charge in [0.25, 0.3) is 0 Å². The first-order valence-corrected chi connectivity index (χ1v) is 8.11. The fourth-order valence-corrected chi connectivity index (χ4v) is 3.52. The van der Waals surface area contributed by atoms with Gasteiger partial charge in [-0.15, -0.1) is 0 Å². The van der Waals surface area contributed by atoms with Crippen LogP contribution in [0.1, 0.15) is 25.7 Å². The first-order chi connectivity index (χ1) is 8.08. The standard InChI is InChI=1S/C12H16BrNO2S/c13-11-5-7-12(8-6-11)17(15,16)14-9-10-3-1-2-4-10/h5-8,10,14H,1-4,9H2. The van der Waals surface area contributed by atoms with Gasteiger partial charge in [-0.25, -0.2) is 13.1 Å². The number of hydrogen-bond acceptors (Lipinski definition) is 2. The van der Waals surface area contributed by atoms with Gasteiger partial charge in [0.05, 0.1) is 4.90 Å². The number of halogens is 1. The van der Waals surface area contributed by atoms with Crippen LogP contribution in [0, 0.1) is 5.92 Å². The van der Waals surface area contributed by atoms with E-state index in [0.717, 1.165) is 17.3 Å². The Kier molecular flexibility index (Phi) is 4.22. The number of nitrogens with one attached hydrogen (secondary N) is 1. The Balaban J connectivity index is 2.00. The summed E-state index contributed by atoms with van der Waals surface area (Å²) in [6.45, 7) is 0.568. The molecule has 0 bridgehead atoms. The first kappa shape index (κ1) is 13.1. The fourth-order valence-electron chi connectivity index (χ4n) is 2.14. The summed E-state index contributed by atoms with van der Waals surface area (Å²) in [6, 6.07) is 6.70. The normalized spacial score (nSPS) is 17.5. The third-order valence-electron chi connectivity index (χ3n) is 3.16. The summed E-state index contributed by atoms with van der Waals surface area (Å²) in [5.41, 5.74) is 0. The monoisotopic (exact) mass is 317 g/mol. The maximum Gasteiger partial charge on any atom is 0.240 e. The lowest BCUT2D eigenvalue weighted by molar-refractivity contribution is 0.519. The van der Waals surface area contributed by atoms with Crippen molar-refractivity contribution in [3.8, 4) is 0 Å². The molecular weight excluding hydrogens is 302 g/mol. The third-order valence-corrected chi connectivity index (χ3v) is 5.13. The average molecular weight is 318 g/mol. The van der Waals surface area contributed by atoms with E-state index in [0.29, 0.717) is 17.4 Å². The molecule has 5 heteroatoms. The van der Waals surface area contributed by atoms with Crippen LogP contribution in [0.25, 0.3) is 0 Å². The van der Waals surface area contributed by atoms with Crippen molar-refractivity contribution in [2.24, 2.45) is 5.92 Å². The molecule has 0 spiro atoms. The first-order valence-electron chi connectivity index (χ1n) is 5.83. The maximum absolute atomic E-state index is 12.0. The zero-order valence-electron chi connectivity index (χ0n) is 9.52. The van der Waals surface area contributed by atoms with Crippen LogP contribution in [0.4, 0.5) is 0 Å². The second kappa shape index (κ2) is 5.50. The molecule has 1 N–H and O–H groups in total. The summed E-state index contributed by atoms with van der Waals surface area (Å²) in [7, 11) is -3.34. The molecule has 0 aromatic heterocycles. The highest BCUT2D eigenvalue weighted by molar-refractivity contribution is 9.10. The number of benzene rings is 1. The van der Waals surface area contributed by atoms with Gasteiger partial charge in [-0.05, 0) is 43.0 Å². The summed E-state index contributed by atoms with van der Waals surface area (Å²) in [6.07, 6.45) is 4.74. The van der Waals surface area contributed by atoms with Gasteiger partial charge in [0.1, 0.15) is 0 Å². The van der Waals surface area contributed by atoms with Crippen LogP contribution in [0.3, 0.4) is 0 Å². The van der Waals surface area contributed by atoms with Crippen LogP contribution in [0.5, 0.6) is 0 Å². The summed E-state index contributed by atoms with van der Waals surface area (Å²) in [5.74, 6) is 0.514. The zero-order chi connectivity index (χ0) is 12.3. The van der Waals surface area contributed by atoms with Gasteiger partial charge >= 0.3 is 0 Å². The van der Waals surface area contributed by atoms with Crippen LogP contribution in [0.15, 0.2) is 33.6 Å². The van der Waals surface area contributed by atoms with E-state index in [1.165, 1.54) is 12.8 Å². The van der Waals surface area contributed by atoms with Crippen molar-refractivity contribution in [3.63, 3.8) is 0 Å². The Labute approximate surface area is 111 Å².